The number of amides is 2. The number of carbonyl (C=O) groups is 2. The van der Waals surface area contributed by atoms with E-state index in [1.54, 1.807) is 24.3 Å². The van der Waals surface area contributed by atoms with Crippen LogP contribution in [0, 0.1) is 5.82 Å². The number of benzene rings is 2. The first kappa shape index (κ1) is 27.9. The van der Waals surface area contributed by atoms with Crippen molar-refractivity contribution in [2.24, 2.45) is 0 Å². The number of nitrogens with one attached hydrogen (secondary N) is 1. The zero-order chi connectivity index (χ0) is 26.5. The molecule has 1 saturated heterocycles. The van der Waals surface area contributed by atoms with Crippen molar-refractivity contribution in [3.63, 3.8) is 0 Å². The van der Waals surface area contributed by atoms with Crippen LogP contribution < -0.4 is 5.32 Å². The van der Waals surface area contributed by atoms with Gasteiger partial charge in [0.2, 0.25) is 5.91 Å². The van der Waals surface area contributed by atoms with Gasteiger partial charge in [0.1, 0.15) is 11.4 Å². The van der Waals surface area contributed by atoms with Crippen LogP contribution in [0.1, 0.15) is 58.1 Å². The number of ether oxygens (including phenoxy) is 1. The smallest absolute Gasteiger partial charge is 0.407 e. The van der Waals surface area contributed by atoms with E-state index in [1.165, 1.54) is 12.1 Å². The van der Waals surface area contributed by atoms with E-state index in [4.69, 9.17) is 16.3 Å². The second-order valence-electron chi connectivity index (χ2n) is 10.6. The molecule has 2 amide bonds. The second-order valence-corrected chi connectivity index (χ2v) is 11.1. The number of nitrogens with zero attached hydrogens (tertiary/aromatic N) is 2. The third-order valence-corrected chi connectivity index (χ3v) is 6.64. The molecule has 2 aromatic carbocycles. The zero-order valence-corrected chi connectivity index (χ0v) is 22.5. The minimum Gasteiger partial charge on any atom is -0.444 e. The number of halogens is 2. The van der Waals surface area contributed by atoms with Gasteiger partial charge in [-0.2, -0.15) is 0 Å². The molecule has 1 aliphatic heterocycles. The van der Waals surface area contributed by atoms with Crippen LogP contribution in [-0.2, 0) is 16.1 Å². The Labute approximate surface area is 218 Å². The minimum absolute atomic E-state index is 0.0267. The van der Waals surface area contributed by atoms with Gasteiger partial charge in [-0.15, -0.1) is 0 Å². The largest absolute Gasteiger partial charge is 0.444 e. The molecule has 0 aromatic heterocycles. The second kappa shape index (κ2) is 12.1. The van der Waals surface area contributed by atoms with Crippen molar-refractivity contribution < 1.29 is 18.7 Å². The monoisotopic (exact) mass is 517 g/mol. The molecule has 0 radical (unpaired) electrons. The first-order valence-electron chi connectivity index (χ1n) is 12.4. The van der Waals surface area contributed by atoms with Gasteiger partial charge in [0.05, 0.1) is 0 Å². The highest BCUT2D eigenvalue weighted by molar-refractivity contribution is 6.30. The molecule has 1 fully saturated rings. The summed E-state index contributed by atoms with van der Waals surface area (Å²) in [6.07, 6.45) is -0.253. The van der Waals surface area contributed by atoms with E-state index in [9.17, 15) is 14.0 Å². The molecule has 196 valence electrons. The summed E-state index contributed by atoms with van der Waals surface area (Å²) in [6.45, 7) is 11.9. The van der Waals surface area contributed by atoms with Crippen LogP contribution in [0.15, 0.2) is 48.5 Å². The van der Waals surface area contributed by atoms with E-state index in [0.29, 0.717) is 18.1 Å². The van der Waals surface area contributed by atoms with Crippen molar-refractivity contribution in [3.8, 4) is 0 Å². The molecule has 3 rings (SSSR count). The molecule has 1 N–H and O–H groups in total. The Morgan fingerprint density at radius 2 is 1.69 bits per heavy atom. The van der Waals surface area contributed by atoms with Gasteiger partial charge in [0, 0.05) is 55.6 Å². The number of hydrogen-bond acceptors (Lipinski definition) is 4. The topological polar surface area (TPSA) is 61.9 Å². The van der Waals surface area contributed by atoms with Crippen LogP contribution in [0.5, 0.6) is 0 Å². The van der Waals surface area contributed by atoms with E-state index in [0.717, 1.165) is 17.7 Å². The molecule has 1 aliphatic rings. The lowest BCUT2D eigenvalue weighted by Crippen LogP contribution is -2.57. The lowest BCUT2D eigenvalue weighted by molar-refractivity contribution is -0.137. The van der Waals surface area contributed by atoms with Crippen molar-refractivity contribution in [2.45, 2.75) is 71.2 Å². The number of alkyl carbamates (subject to hydrolysis) is 1. The maximum atomic E-state index is 13.5. The van der Waals surface area contributed by atoms with Gasteiger partial charge in [0.15, 0.2) is 0 Å². The molecule has 2 aromatic rings. The van der Waals surface area contributed by atoms with E-state index in [2.05, 4.69) is 24.1 Å². The molecule has 36 heavy (non-hydrogen) atoms. The van der Waals surface area contributed by atoms with Crippen molar-refractivity contribution in [1.82, 2.24) is 15.1 Å². The van der Waals surface area contributed by atoms with Gasteiger partial charge >= 0.3 is 6.09 Å². The maximum Gasteiger partial charge on any atom is 0.407 e. The Morgan fingerprint density at radius 1 is 1.06 bits per heavy atom. The number of rotatable bonds is 7. The maximum absolute atomic E-state index is 13.5. The van der Waals surface area contributed by atoms with E-state index in [1.807, 2.05) is 37.8 Å². The molecule has 3 atom stereocenters. The van der Waals surface area contributed by atoms with Gasteiger partial charge in [0.25, 0.3) is 0 Å². The van der Waals surface area contributed by atoms with Crippen molar-refractivity contribution in [1.29, 1.82) is 0 Å². The molecule has 0 saturated carbocycles. The number of piperazine rings is 1. The van der Waals surface area contributed by atoms with Crippen molar-refractivity contribution in [2.75, 3.05) is 19.6 Å². The van der Waals surface area contributed by atoms with Crippen LogP contribution >= 0.6 is 11.6 Å². The van der Waals surface area contributed by atoms with Crippen molar-refractivity contribution in [3.05, 3.63) is 70.5 Å². The summed E-state index contributed by atoms with van der Waals surface area (Å²) >= 11 is 6.07. The summed E-state index contributed by atoms with van der Waals surface area (Å²) in [5, 5.41) is 3.43. The molecule has 0 bridgehead atoms. The number of hydrogen-bond donors (Lipinski definition) is 1. The lowest BCUT2D eigenvalue weighted by Gasteiger charge is -2.44. The van der Waals surface area contributed by atoms with E-state index in [-0.39, 0.29) is 42.7 Å². The van der Waals surface area contributed by atoms with Gasteiger partial charge in [-0.25, -0.2) is 9.18 Å². The SMILES string of the molecule is C[C@@H]1CN(Cc2ccc(F)cc2)[C@@H](C)CN1C(=O)CC(CNC(=O)OC(C)(C)C)c1ccc(Cl)cc1. The highest BCUT2D eigenvalue weighted by atomic mass is 35.5. The van der Waals surface area contributed by atoms with Crippen LogP contribution in [-0.4, -0.2) is 59.1 Å². The summed E-state index contributed by atoms with van der Waals surface area (Å²) in [7, 11) is 0. The Balaban J connectivity index is 1.65. The minimum atomic E-state index is -0.602. The molecule has 6 nitrogen and oxygen atoms in total. The fourth-order valence-electron chi connectivity index (χ4n) is 4.48. The Bertz CT molecular complexity index is 1020. The Hall–Kier alpha value is -2.64. The van der Waals surface area contributed by atoms with Crippen LogP contribution in [0.4, 0.5) is 9.18 Å². The number of carbonyl (C=O) groups excluding carboxylic acids is 2. The summed E-state index contributed by atoms with van der Waals surface area (Å²) < 4.78 is 18.6. The van der Waals surface area contributed by atoms with Crippen LogP contribution in [0.2, 0.25) is 5.02 Å². The lowest BCUT2D eigenvalue weighted by atomic mass is 9.94. The standard InChI is InChI=1S/C28H37ClFN3O3/c1-19-17-33(20(2)16-32(19)18-21-6-12-25(30)13-7-21)26(34)14-23(22-8-10-24(29)11-9-22)15-31-27(35)36-28(3,4)5/h6-13,19-20,23H,14-18H2,1-5H3,(H,31,35)/t19-,20+,23?/m0/s1. The highest BCUT2D eigenvalue weighted by Gasteiger charge is 2.33. The van der Waals surface area contributed by atoms with Crippen LogP contribution in [0.25, 0.3) is 0 Å². The summed E-state index contributed by atoms with van der Waals surface area (Å²) in [4.78, 5) is 30.0. The Kier molecular flexibility index (Phi) is 9.36. The Morgan fingerprint density at radius 3 is 2.31 bits per heavy atom. The van der Waals surface area contributed by atoms with Crippen LogP contribution in [0.3, 0.4) is 0 Å². The molecule has 8 heteroatoms. The first-order valence-corrected chi connectivity index (χ1v) is 12.8. The van der Waals surface area contributed by atoms with Crippen molar-refractivity contribution >= 4 is 23.6 Å². The fourth-order valence-corrected chi connectivity index (χ4v) is 4.61. The van der Waals surface area contributed by atoms with Gasteiger partial charge < -0.3 is 15.0 Å². The highest BCUT2D eigenvalue weighted by Crippen LogP contribution is 2.25. The quantitative estimate of drug-likeness (QED) is 0.519. The summed E-state index contributed by atoms with van der Waals surface area (Å²) in [5.74, 6) is -0.421. The predicted molar refractivity (Wildman–Crippen MR) is 140 cm³/mol. The zero-order valence-electron chi connectivity index (χ0n) is 21.8. The van der Waals surface area contributed by atoms with Gasteiger partial charge in [-0.3, -0.25) is 9.69 Å². The molecule has 1 heterocycles. The third kappa shape index (κ3) is 8.20. The molecule has 1 unspecified atom stereocenters. The normalized spacial score (nSPS) is 19.6. The average molecular weight is 518 g/mol. The summed E-state index contributed by atoms with van der Waals surface area (Å²) in [5.41, 5.74) is 1.38. The average Bonchev–Trinajstić information content (AvgIpc) is 2.79. The third-order valence-electron chi connectivity index (χ3n) is 6.39. The summed E-state index contributed by atoms with van der Waals surface area (Å²) in [6, 6.07) is 14.1. The molecule has 0 aliphatic carbocycles. The van der Waals surface area contributed by atoms with E-state index < -0.39 is 11.7 Å². The van der Waals surface area contributed by atoms with E-state index >= 15 is 0 Å². The molecular weight excluding hydrogens is 481 g/mol. The fraction of sp³-hybridized carbons (Fsp3) is 0.500. The van der Waals surface area contributed by atoms with Gasteiger partial charge in [-0.1, -0.05) is 35.9 Å². The predicted octanol–water partition coefficient (Wildman–Crippen LogP) is 5.60. The van der Waals surface area contributed by atoms with Gasteiger partial charge in [-0.05, 0) is 70.0 Å². The molecule has 0 spiro atoms. The first-order chi connectivity index (χ1) is 16.9. The molecular formula is C28H37ClFN3O3.